The van der Waals surface area contributed by atoms with Gasteiger partial charge < -0.3 is 0 Å². The predicted molar refractivity (Wildman–Crippen MR) is 73.6 cm³/mol. The quantitative estimate of drug-likeness (QED) is 0.547. The lowest BCUT2D eigenvalue weighted by molar-refractivity contribution is 0.730. The number of benzene rings is 1. The van der Waals surface area contributed by atoms with Gasteiger partial charge >= 0.3 is 0 Å². The molecule has 0 saturated carbocycles. The lowest BCUT2D eigenvalue weighted by Gasteiger charge is -1.99. The SMILES string of the molecule is CCCCCC=Cc1ccc(CCC)cc1. The Balaban J connectivity index is 2.36. The average molecular weight is 216 g/mol. The van der Waals surface area contributed by atoms with Gasteiger partial charge in [0.25, 0.3) is 0 Å². The van der Waals surface area contributed by atoms with Crippen molar-refractivity contribution in [3.05, 3.63) is 41.5 Å². The molecule has 0 amide bonds. The van der Waals surface area contributed by atoms with Crippen LogP contribution in [0.25, 0.3) is 6.08 Å². The van der Waals surface area contributed by atoms with E-state index in [-0.39, 0.29) is 0 Å². The summed E-state index contributed by atoms with van der Waals surface area (Å²) in [5, 5.41) is 0. The van der Waals surface area contributed by atoms with Crippen LogP contribution in [0, 0.1) is 0 Å². The number of hydrogen-bond acceptors (Lipinski definition) is 0. The van der Waals surface area contributed by atoms with Gasteiger partial charge in [-0.3, -0.25) is 0 Å². The largest absolute Gasteiger partial charge is 0.0839 e. The fourth-order valence-electron chi connectivity index (χ4n) is 1.82. The molecule has 0 unspecified atom stereocenters. The molecule has 0 fully saturated rings. The summed E-state index contributed by atoms with van der Waals surface area (Å²) in [6, 6.07) is 8.94. The fourth-order valence-corrected chi connectivity index (χ4v) is 1.82. The summed E-state index contributed by atoms with van der Waals surface area (Å²) in [5.74, 6) is 0. The third kappa shape index (κ3) is 5.16. The van der Waals surface area contributed by atoms with Gasteiger partial charge in [0.2, 0.25) is 0 Å². The van der Waals surface area contributed by atoms with Crippen LogP contribution in [-0.2, 0) is 6.42 Å². The summed E-state index contributed by atoms with van der Waals surface area (Å²) in [7, 11) is 0. The van der Waals surface area contributed by atoms with Crippen LogP contribution in [0.15, 0.2) is 30.3 Å². The second-order valence-corrected chi connectivity index (χ2v) is 4.39. The Bertz CT molecular complexity index is 292. The first-order valence-corrected chi connectivity index (χ1v) is 6.62. The summed E-state index contributed by atoms with van der Waals surface area (Å²) < 4.78 is 0. The number of hydrogen-bond donors (Lipinski definition) is 0. The van der Waals surface area contributed by atoms with E-state index < -0.39 is 0 Å². The summed E-state index contributed by atoms with van der Waals surface area (Å²) in [4.78, 5) is 0. The monoisotopic (exact) mass is 216 g/mol. The highest BCUT2D eigenvalue weighted by Crippen LogP contribution is 2.09. The Morgan fingerprint density at radius 3 is 2.31 bits per heavy atom. The molecule has 16 heavy (non-hydrogen) atoms. The van der Waals surface area contributed by atoms with E-state index in [1.807, 2.05) is 0 Å². The van der Waals surface area contributed by atoms with Crippen LogP contribution in [0.2, 0.25) is 0 Å². The molecule has 0 spiro atoms. The highest BCUT2D eigenvalue weighted by Gasteiger charge is 1.90. The maximum atomic E-state index is 2.30. The van der Waals surface area contributed by atoms with E-state index >= 15 is 0 Å². The highest BCUT2D eigenvalue weighted by molar-refractivity contribution is 5.49. The van der Waals surface area contributed by atoms with Gasteiger partial charge in [0, 0.05) is 0 Å². The van der Waals surface area contributed by atoms with Crippen LogP contribution >= 0.6 is 0 Å². The van der Waals surface area contributed by atoms with E-state index in [0.717, 1.165) is 0 Å². The van der Waals surface area contributed by atoms with Crippen molar-refractivity contribution < 1.29 is 0 Å². The number of aryl methyl sites for hydroxylation is 1. The van der Waals surface area contributed by atoms with E-state index in [1.54, 1.807) is 0 Å². The van der Waals surface area contributed by atoms with E-state index in [4.69, 9.17) is 0 Å². The molecule has 0 heterocycles. The zero-order chi connectivity index (χ0) is 11.6. The molecule has 1 aromatic rings. The standard InChI is InChI=1S/C16H24/c1-3-5-6-7-8-10-16-13-11-15(9-4-2)12-14-16/h8,10-14H,3-7,9H2,1-2H3. The highest BCUT2D eigenvalue weighted by atomic mass is 14.0. The van der Waals surface area contributed by atoms with Gasteiger partial charge in [-0.2, -0.15) is 0 Å². The number of allylic oxidation sites excluding steroid dienone is 1. The minimum Gasteiger partial charge on any atom is -0.0839 e. The van der Waals surface area contributed by atoms with Gasteiger partial charge in [-0.1, -0.05) is 69.5 Å². The molecule has 0 atom stereocenters. The van der Waals surface area contributed by atoms with Gasteiger partial charge in [-0.15, -0.1) is 0 Å². The minimum absolute atomic E-state index is 1.19. The smallest absolute Gasteiger partial charge is 0.0260 e. The zero-order valence-corrected chi connectivity index (χ0v) is 10.7. The normalized spacial score (nSPS) is 11.1. The Morgan fingerprint density at radius 1 is 0.938 bits per heavy atom. The lowest BCUT2D eigenvalue weighted by atomic mass is 10.1. The molecular formula is C16H24. The molecule has 0 nitrogen and oxygen atoms in total. The molecule has 0 aliphatic rings. The first kappa shape index (κ1) is 13.0. The van der Waals surface area contributed by atoms with Crippen molar-refractivity contribution in [1.82, 2.24) is 0 Å². The van der Waals surface area contributed by atoms with Crippen LogP contribution in [0.5, 0.6) is 0 Å². The van der Waals surface area contributed by atoms with Gasteiger partial charge in [0.15, 0.2) is 0 Å². The summed E-state index contributed by atoms with van der Waals surface area (Å²) >= 11 is 0. The second-order valence-electron chi connectivity index (χ2n) is 4.39. The van der Waals surface area contributed by atoms with Crippen LogP contribution in [0.3, 0.4) is 0 Å². The van der Waals surface area contributed by atoms with Crippen molar-refractivity contribution in [2.45, 2.75) is 52.4 Å². The van der Waals surface area contributed by atoms with Gasteiger partial charge in [-0.05, 0) is 30.4 Å². The lowest BCUT2D eigenvalue weighted by Crippen LogP contribution is -1.82. The molecule has 0 aromatic heterocycles. The molecule has 0 N–H and O–H groups in total. The minimum atomic E-state index is 1.19. The maximum absolute atomic E-state index is 2.30. The van der Waals surface area contributed by atoms with Crippen molar-refractivity contribution in [3.63, 3.8) is 0 Å². The van der Waals surface area contributed by atoms with E-state index in [1.165, 1.54) is 49.7 Å². The molecule has 0 heteroatoms. The van der Waals surface area contributed by atoms with Crippen molar-refractivity contribution >= 4 is 6.08 Å². The Morgan fingerprint density at radius 2 is 1.69 bits per heavy atom. The predicted octanol–water partition coefficient (Wildman–Crippen LogP) is 5.23. The van der Waals surface area contributed by atoms with Crippen LogP contribution in [-0.4, -0.2) is 0 Å². The van der Waals surface area contributed by atoms with Crippen LogP contribution in [0.1, 0.15) is 57.1 Å². The summed E-state index contributed by atoms with van der Waals surface area (Å²) in [5.41, 5.74) is 2.78. The van der Waals surface area contributed by atoms with E-state index in [0.29, 0.717) is 0 Å². The third-order valence-electron chi connectivity index (χ3n) is 2.80. The van der Waals surface area contributed by atoms with E-state index in [2.05, 4.69) is 50.3 Å². The van der Waals surface area contributed by atoms with Crippen molar-refractivity contribution in [3.8, 4) is 0 Å². The second kappa shape index (κ2) is 8.15. The molecule has 1 aromatic carbocycles. The Labute approximate surface area is 100 Å². The fraction of sp³-hybridized carbons (Fsp3) is 0.500. The van der Waals surface area contributed by atoms with E-state index in [9.17, 15) is 0 Å². The first-order valence-electron chi connectivity index (χ1n) is 6.62. The zero-order valence-electron chi connectivity index (χ0n) is 10.7. The van der Waals surface area contributed by atoms with Gasteiger partial charge in [-0.25, -0.2) is 0 Å². The van der Waals surface area contributed by atoms with Crippen LogP contribution in [0.4, 0.5) is 0 Å². The van der Waals surface area contributed by atoms with Gasteiger partial charge in [0.05, 0.1) is 0 Å². The summed E-state index contributed by atoms with van der Waals surface area (Å²) in [6.45, 7) is 4.47. The molecular weight excluding hydrogens is 192 g/mol. The van der Waals surface area contributed by atoms with Crippen molar-refractivity contribution in [1.29, 1.82) is 0 Å². The topological polar surface area (TPSA) is 0 Å². The summed E-state index contributed by atoms with van der Waals surface area (Å²) in [6.07, 6.45) is 12.1. The van der Waals surface area contributed by atoms with Gasteiger partial charge in [0.1, 0.15) is 0 Å². The average Bonchev–Trinajstić information content (AvgIpc) is 2.31. The molecule has 88 valence electrons. The molecule has 1 rings (SSSR count). The maximum Gasteiger partial charge on any atom is -0.0260 e. The Kier molecular flexibility index (Phi) is 6.64. The van der Waals surface area contributed by atoms with Crippen molar-refractivity contribution in [2.75, 3.05) is 0 Å². The van der Waals surface area contributed by atoms with Crippen molar-refractivity contribution in [2.24, 2.45) is 0 Å². The number of unbranched alkanes of at least 4 members (excludes halogenated alkanes) is 3. The molecule has 0 bridgehead atoms. The molecule has 0 aliphatic carbocycles. The Hall–Kier alpha value is -1.04. The molecule has 0 aliphatic heterocycles. The molecule has 0 radical (unpaired) electrons. The third-order valence-corrected chi connectivity index (χ3v) is 2.80. The first-order chi connectivity index (χ1) is 7.86. The molecule has 0 saturated heterocycles. The number of rotatable bonds is 7. The van der Waals surface area contributed by atoms with Crippen LogP contribution < -0.4 is 0 Å².